The Morgan fingerprint density at radius 1 is 1.09 bits per heavy atom. The SMILES string of the molecule is Cc1ccc(NC(=O)c2ccc(N3CCN(C(=O)CC4SC(=O)NC4=O)CC3)nc2)cc1C. The molecular weight excluding hydrogens is 442 g/mol. The molecule has 0 radical (unpaired) electrons. The van der Waals surface area contributed by atoms with Gasteiger partial charge in [-0.15, -0.1) is 0 Å². The van der Waals surface area contributed by atoms with Crippen LogP contribution in [0.1, 0.15) is 27.9 Å². The number of rotatable bonds is 5. The van der Waals surface area contributed by atoms with Crippen LogP contribution in [0.4, 0.5) is 16.3 Å². The maximum absolute atomic E-state index is 12.5. The van der Waals surface area contributed by atoms with Gasteiger partial charge >= 0.3 is 0 Å². The number of imide groups is 1. The molecule has 0 bridgehead atoms. The van der Waals surface area contributed by atoms with Crippen molar-refractivity contribution in [2.24, 2.45) is 0 Å². The number of aryl methyl sites for hydroxylation is 2. The van der Waals surface area contributed by atoms with E-state index in [1.54, 1.807) is 23.2 Å². The van der Waals surface area contributed by atoms with Gasteiger partial charge in [-0.2, -0.15) is 0 Å². The van der Waals surface area contributed by atoms with Gasteiger partial charge in [0, 0.05) is 44.5 Å². The third-order valence-electron chi connectivity index (χ3n) is 5.86. The Kier molecular flexibility index (Phi) is 6.64. The highest BCUT2D eigenvalue weighted by Crippen LogP contribution is 2.23. The fourth-order valence-electron chi connectivity index (χ4n) is 3.73. The summed E-state index contributed by atoms with van der Waals surface area (Å²) in [5.41, 5.74) is 3.48. The van der Waals surface area contributed by atoms with Crippen LogP contribution in [0.5, 0.6) is 0 Å². The molecule has 0 spiro atoms. The van der Waals surface area contributed by atoms with E-state index >= 15 is 0 Å². The number of hydrogen-bond acceptors (Lipinski definition) is 7. The number of thioether (sulfide) groups is 1. The summed E-state index contributed by atoms with van der Waals surface area (Å²) < 4.78 is 0. The number of piperazine rings is 1. The van der Waals surface area contributed by atoms with Gasteiger partial charge in [-0.1, -0.05) is 17.8 Å². The molecule has 2 aliphatic rings. The summed E-state index contributed by atoms with van der Waals surface area (Å²) in [5.74, 6) is -0.0210. The predicted octanol–water partition coefficient (Wildman–Crippen LogP) is 2.34. The summed E-state index contributed by atoms with van der Waals surface area (Å²) in [4.78, 5) is 56.2. The van der Waals surface area contributed by atoms with Gasteiger partial charge in [0.25, 0.3) is 11.1 Å². The fourth-order valence-corrected chi connectivity index (χ4v) is 4.54. The minimum absolute atomic E-state index is 0.0187. The minimum Gasteiger partial charge on any atom is -0.353 e. The van der Waals surface area contributed by atoms with Gasteiger partial charge in [0.1, 0.15) is 11.1 Å². The zero-order valence-electron chi connectivity index (χ0n) is 18.5. The van der Waals surface area contributed by atoms with E-state index < -0.39 is 16.4 Å². The number of amides is 4. The Balaban J connectivity index is 1.29. The second-order valence-electron chi connectivity index (χ2n) is 8.11. The molecule has 4 rings (SSSR count). The molecule has 2 aliphatic heterocycles. The molecule has 10 heteroatoms. The third kappa shape index (κ3) is 5.33. The van der Waals surface area contributed by atoms with Crippen molar-refractivity contribution >= 4 is 46.2 Å². The lowest BCUT2D eigenvalue weighted by Crippen LogP contribution is -2.49. The van der Waals surface area contributed by atoms with Crippen molar-refractivity contribution in [2.45, 2.75) is 25.5 Å². The Labute approximate surface area is 195 Å². The van der Waals surface area contributed by atoms with Gasteiger partial charge in [0.05, 0.1) is 5.56 Å². The molecule has 2 aromatic rings. The van der Waals surface area contributed by atoms with Crippen molar-refractivity contribution < 1.29 is 19.2 Å². The van der Waals surface area contributed by atoms with Crippen molar-refractivity contribution in [3.63, 3.8) is 0 Å². The smallest absolute Gasteiger partial charge is 0.286 e. The van der Waals surface area contributed by atoms with Crippen LogP contribution >= 0.6 is 11.8 Å². The van der Waals surface area contributed by atoms with Crippen LogP contribution < -0.4 is 15.5 Å². The number of anilines is 2. The number of nitrogens with one attached hydrogen (secondary N) is 2. The third-order valence-corrected chi connectivity index (χ3v) is 6.84. The Morgan fingerprint density at radius 2 is 1.85 bits per heavy atom. The van der Waals surface area contributed by atoms with Crippen LogP contribution in [0.15, 0.2) is 36.5 Å². The van der Waals surface area contributed by atoms with Crippen molar-refractivity contribution in [3.05, 3.63) is 53.2 Å². The molecule has 2 saturated heterocycles. The highest BCUT2D eigenvalue weighted by molar-refractivity contribution is 8.15. The molecule has 1 aromatic carbocycles. The quantitative estimate of drug-likeness (QED) is 0.694. The number of nitrogens with zero attached hydrogens (tertiary/aromatic N) is 3. The maximum atomic E-state index is 12.5. The van der Waals surface area contributed by atoms with E-state index in [0.29, 0.717) is 31.7 Å². The molecule has 9 nitrogen and oxygen atoms in total. The van der Waals surface area contributed by atoms with Gasteiger partial charge < -0.3 is 15.1 Å². The Bertz CT molecular complexity index is 1100. The first-order chi connectivity index (χ1) is 15.8. The average molecular weight is 468 g/mol. The molecule has 33 heavy (non-hydrogen) atoms. The zero-order valence-corrected chi connectivity index (χ0v) is 19.3. The summed E-state index contributed by atoms with van der Waals surface area (Å²) in [5, 5.41) is 4.05. The van der Waals surface area contributed by atoms with Gasteiger partial charge in [0.2, 0.25) is 11.8 Å². The second-order valence-corrected chi connectivity index (χ2v) is 9.29. The molecule has 3 heterocycles. The van der Waals surface area contributed by atoms with Crippen LogP contribution in [-0.2, 0) is 9.59 Å². The fraction of sp³-hybridized carbons (Fsp3) is 0.348. The standard InChI is InChI=1S/C23H25N5O4S/c1-14-3-5-17(11-15(14)2)25-21(30)16-4-6-19(24-13-16)27-7-9-28(10-8-27)20(29)12-18-22(31)26-23(32)33-18/h3-6,11,13,18H,7-10,12H2,1-2H3,(H,25,30)(H,26,31,32). The van der Waals surface area contributed by atoms with E-state index in [-0.39, 0.29) is 18.2 Å². The molecule has 0 saturated carbocycles. The van der Waals surface area contributed by atoms with Crippen LogP contribution in [0, 0.1) is 13.8 Å². The first kappa shape index (κ1) is 22.8. The summed E-state index contributed by atoms with van der Waals surface area (Å²) in [6.45, 7) is 6.21. The van der Waals surface area contributed by atoms with Gasteiger partial charge in [-0.25, -0.2) is 4.98 Å². The number of carbonyl (C=O) groups is 4. The number of aromatic nitrogens is 1. The average Bonchev–Trinajstić information content (AvgIpc) is 3.12. The number of pyridine rings is 1. The normalized spacial score (nSPS) is 18.3. The van der Waals surface area contributed by atoms with Crippen molar-refractivity contribution in [3.8, 4) is 0 Å². The van der Waals surface area contributed by atoms with Gasteiger partial charge in [0.15, 0.2) is 0 Å². The number of carbonyl (C=O) groups excluding carboxylic acids is 4. The first-order valence-electron chi connectivity index (χ1n) is 10.7. The second kappa shape index (κ2) is 9.62. The topological polar surface area (TPSA) is 112 Å². The van der Waals surface area contributed by atoms with E-state index in [1.807, 2.05) is 32.0 Å². The lowest BCUT2D eigenvalue weighted by Gasteiger charge is -2.35. The number of benzene rings is 1. The largest absolute Gasteiger partial charge is 0.353 e. The first-order valence-corrected chi connectivity index (χ1v) is 11.6. The summed E-state index contributed by atoms with van der Waals surface area (Å²) in [6, 6.07) is 9.32. The van der Waals surface area contributed by atoms with Crippen LogP contribution in [0.3, 0.4) is 0 Å². The van der Waals surface area contributed by atoms with Gasteiger partial charge in [-0.3, -0.25) is 24.5 Å². The predicted molar refractivity (Wildman–Crippen MR) is 126 cm³/mol. The van der Waals surface area contributed by atoms with Crippen molar-refractivity contribution in [1.82, 2.24) is 15.2 Å². The Hall–Kier alpha value is -3.40. The molecule has 2 N–H and O–H groups in total. The van der Waals surface area contributed by atoms with E-state index in [1.165, 1.54) is 5.56 Å². The highest BCUT2D eigenvalue weighted by Gasteiger charge is 2.35. The van der Waals surface area contributed by atoms with Crippen LogP contribution in [0.25, 0.3) is 0 Å². The molecule has 2 fully saturated rings. The zero-order chi connectivity index (χ0) is 23.5. The molecule has 0 aliphatic carbocycles. The maximum Gasteiger partial charge on any atom is 0.286 e. The van der Waals surface area contributed by atoms with Crippen molar-refractivity contribution in [1.29, 1.82) is 0 Å². The summed E-state index contributed by atoms with van der Waals surface area (Å²) >= 11 is 0.868. The van der Waals surface area contributed by atoms with E-state index in [0.717, 1.165) is 28.8 Å². The molecule has 1 unspecified atom stereocenters. The van der Waals surface area contributed by atoms with Crippen LogP contribution in [-0.4, -0.2) is 64.3 Å². The molecular formula is C23H25N5O4S. The van der Waals surface area contributed by atoms with Gasteiger partial charge in [-0.05, 0) is 49.2 Å². The molecule has 172 valence electrons. The minimum atomic E-state index is -0.646. The van der Waals surface area contributed by atoms with Crippen molar-refractivity contribution in [2.75, 3.05) is 36.4 Å². The summed E-state index contributed by atoms with van der Waals surface area (Å²) in [6.07, 6.45) is 1.57. The molecule has 1 atom stereocenters. The number of hydrogen-bond donors (Lipinski definition) is 2. The molecule has 4 amide bonds. The lowest BCUT2D eigenvalue weighted by atomic mass is 10.1. The molecule has 1 aromatic heterocycles. The summed E-state index contributed by atoms with van der Waals surface area (Å²) in [7, 11) is 0. The highest BCUT2D eigenvalue weighted by atomic mass is 32.2. The van der Waals surface area contributed by atoms with E-state index in [2.05, 4.69) is 20.5 Å². The monoisotopic (exact) mass is 467 g/mol. The van der Waals surface area contributed by atoms with E-state index in [4.69, 9.17) is 0 Å². The van der Waals surface area contributed by atoms with Crippen LogP contribution in [0.2, 0.25) is 0 Å². The Morgan fingerprint density at radius 3 is 2.45 bits per heavy atom. The lowest BCUT2D eigenvalue weighted by molar-refractivity contribution is -0.133. The van der Waals surface area contributed by atoms with E-state index in [9.17, 15) is 19.2 Å².